The summed E-state index contributed by atoms with van der Waals surface area (Å²) < 4.78 is 18.3. The molecule has 0 bridgehead atoms. The summed E-state index contributed by atoms with van der Waals surface area (Å²) in [7, 11) is 0. The molecule has 70 valence electrons. The Morgan fingerprint density at radius 1 is 1.62 bits per heavy atom. The number of aldehydes is 1. The predicted molar refractivity (Wildman–Crippen MR) is 50.3 cm³/mol. The first-order chi connectivity index (χ1) is 6.13. The highest BCUT2D eigenvalue weighted by Crippen LogP contribution is 2.25. The highest BCUT2D eigenvalue weighted by molar-refractivity contribution is 9.10. The third kappa shape index (κ3) is 2.81. The first-order valence-corrected chi connectivity index (χ1v) is 4.50. The lowest BCUT2D eigenvalue weighted by Crippen LogP contribution is -2.12. The minimum Gasteiger partial charge on any atom is -0.482 e. The van der Waals surface area contributed by atoms with Gasteiger partial charge in [-0.2, -0.15) is 0 Å². The second-order valence-corrected chi connectivity index (χ2v) is 3.39. The van der Waals surface area contributed by atoms with Crippen LogP contribution in [0.15, 0.2) is 22.7 Å². The van der Waals surface area contributed by atoms with Gasteiger partial charge < -0.3 is 4.74 Å². The summed E-state index contributed by atoms with van der Waals surface area (Å²) in [5.74, 6) is 0.110. The van der Waals surface area contributed by atoms with Gasteiger partial charge in [-0.15, -0.1) is 0 Å². The molecule has 0 aromatic heterocycles. The molecule has 0 saturated carbocycles. The first-order valence-electron chi connectivity index (χ1n) is 3.70. The molecule has 0 radical (unpaired) electrons. The van der Waals surface area contributed by atoms with Gasteiger partial charge in [0.15, 0.2) is 12.4 Å². The number of halogens is 2. The molecule has 1 atom stereocenters. The van der Waals surface area contributed by atoms with E-state index in [1.54, 1.807) is 6.92 Å². The number of benzene rings is 1. The SMILES string of the molecule is CC(C=O)Oc1ccc(F)cc1Br. The molecule has 0 N–H and O–H groups in total. The molecule has 0 aliphatic heterocycles. The topological polar surface area (TPSA) is 26.3 Å². The summed E-state index contributed by atoms with van der Waals surface area (Å²) >= 11 is 3.12. The van der Waals surface area contributed by atoms with Gasteiger partial charge >= 0.3 is 0 Å². The van der Waals surface area contributed by atoms with E-state index in [4.69, 9.17) is 4.74 Å². The van der Waals surface area contributed by atoms with Gasteiger partial charge in [0.25, 0.3) is 0 Å². The number of hydrogen-bond acceptors (Lipinski definition) is 2. The molecular weight excluding hydrogens is 239 g/mol. The third-order valence-corrected chi connectivity index (χ3v) is 2.02. The van der Waals surface area contributed by atoms with E-state index in [9.17, 15) is 9.18 Å². The summed E-state index contributed by atoms with van der Waals surface area (Å²) in [5, 5.41) is 0. The minimum atomic E-state index is -0.526. The van der Waals surface area contributed by atoms with Crippen molar-refractivity contribution in [1.82, 2.24) is 0 Å². The first kappa shape index (κ1) is 10.2. The highest BCUT2D eigenvalue weighted by atomic mass is 79.9. The molecule has 1 aromatic carbocycles. The molecule has 0 aliphatic carbocycles. The minimum absolute atomic E-state index is 0.349. The summed E-state index contributed by atoms with van der Waals surface area (Å²) in [4.78, 5) is 10.3. The van der Waals surface area contributed by atoms with Crippen LogP contribution >= 0.6 is 15.9 Å². The molecule has 13 heavy (non-hydrogen) atoms. The van der Waals surface area contributed by atoms with Gasteiger partial charge in [0.2, 0.25) is 0 Å². The van der Waals surface area contributed by atoms with Crippen LogP contribution in [0.2, 0.25) is 0 Å². The fraction of sp³-hybridized carbons (Fsp3) is 0.222. The number of rotatable bonds is 3. The largest absolute Gasteiger partial charge is 0.482 e. The average Bonchev–Trinajstić information content (AvgIpc) is 2.09. The van der Waals surface area contributed by atoms with Gasteiger partial charge in [-0.05, 0) is 41.1 Å². The van der Waals surface area contributed by atoms with Crippen molar-refractivity contribution in [3.05, 3.63) is 28.5 Å². The maximum Gasteiger partial charge on any atom is 0.160 e. The van der Waals surface area contributed by atoms with Crippen molar-refractivity contribution in [3.63, 3.8) is 0 Å². The second kappa shape index (κ2) is 4.37. The smallest absolute Gasteiger partial charge is 0.160 e. The fourth-order valence-corrected chi connectivity index (χ4v) is 1.24. The number of carbonyl (C=O) groups is 1. The van der Waals surface area contributed by atoms with E-state index < -0.39 is 6.10 Å². The van der Waals surface area contributed by atoms with Crippen molar-refractivity contribution in [2.24, 2.45) is 0 Å². The van der Waals surface area contributed by atoms with E-state index in [2.05, 4.69) is 15.9 Å². The van der Waals surface area contributed by atoms with E-state index in [1.807, 2.05) is 0 Å². The zero-order chi connectivity index (χ0) is 9.84. The Balaban J connectivity index is 2.83. The van der Waals surface area contributed by atoms with Crippen molar-refractivity contribution in [3.8, 4) is 5.75 Å². The summed E-state index contributed by atoms with van der Waals surface area (Å²) in [6.45, 7) is 1.61. The standard InChI is InChI=1S/C9H8BrFO2/c1-6(5-12)13-9-3-2-7(11)4-8(9)10/h2-6H,1H3. The van der Waals surface area contributed by atoms with Crippen LogP contribution in [0.4, 0.5) is 4.39 Å². The Hall–Kier alpha value is -0.900. The lowest BCUT2D eigenvalue weighted by molar-refractivity contribution is -0.113. The van der Waals surface area contributed by atoms with Crippen LogP contribution in [0, 0.1) is 5.82 Å². The van der Waals surface area contributed by atoms with E-state index in [0.29, 0.717) is 16.5 Å². The molecule has 4 heteroatoms. The average molecular weight is 247 g/mol. The van der Waals surface area contributed by atoms with Crippen LogP contribution in [0.3, 0.4) is 0 Å². The van der Waals surface area contributed by atoms with E-state index in [0.717, 1.165) is 0 Å². The molecule has 1 rings (SSSR count). The van der Waals surface area contributed by atoms with Gasteiger partial charge in [0.05, 0.1) is 4.47 Å². The zero-order valence-corrected chi connectivity index (χ0v) is 8.55. The molecule has 1 aromatic rings. The number of ether oxygens (including phenoxy) is 1. The Labute approximate surface area is 83.8 Å². The van der Waals surface area contributed by atoms with E-state index >= 15 is 0 Å². The molecule has 1 unspecified atom stereocenters. The van der Waals surface area contributed by atoms with E-state index in [1.165, 1.54) is 18.2 Å². The lowest BCUT2D eigenvalue weighted by atomic mass is 10.3. The van der Waals surface area contributed by atoms with Crippen molar-refractivity contribution >= 4 is 22.2 Å². The van der Waals surface area contributed by atoms with Crippen LogP contribution in [-0.2, 0) is 4.79 Å². The Bertz CT molecular complexity index is 314. The summed E-state index contributed by atoms with van der Waals surface area (Å²) in [6, 6.07) is 4.03. The quantitative estimate of drug-likeness (QED) is 0.767. The van der Waals surface area contributed by atoms with Gasteiger partial charge in [0, 0.05) is 0 Å². The third-order valence-electron chi connectivity index (χ3n) is 1.40. The molecule has 0 saturated heterocycles. The molecule has 0 spiro atoms. The zero-order valence-electron chi connectivity index (χ0n) is 6.96. The summed E-state index contributed by atoms with van der Waals surface area (Å²) in [6.07, 6.45) is 0.150. The second-order valence-electron chi connectivity index (χ2n) is 2.53. The monoisotopic (exact) mass is 246 g/mol. The fourth-order valence-electron chi connectivity index (χ4n) is 0.799. The van der Waals surface area contributed by atoms with Gasteiger partial charge in [-0.1, -0.05) is 0 Å². The highest BCUT2D eigenvalue weighted by Gasteiger charge is 2.06. The maximum atomic E-state index is 12.6. The van der Waals surface area contributed by atoms with Crippen molar-refractivity contribution in [2.45, 2.75) is 13.0 Å². The molecule has 0 fully saturated rings. The Kier molecular flexibility index (Phi) is 3.42. The van der Waals surface area contributed by atoms with Gasteiger partial charge in [-0.25, -0.2) is 4.39 Å². The van der Waals surface area contributed by atoms with Crippen LogP contribution in [0.25, 0.3) is 0 Å². The van der Waals surface area contributed by atoms with Gasteiger partial charge in [-0.3, -0.25) is 4.79 Å². The normalized spacial score (nSPS) is 12.2. The van der Waals surface area contributed by atoms with Crippen LogP contribution in [-0.4, -0.2) is 12.4 Å². The van der Waals surface area contributed by atoms with Crippen molar-refractivity contribution in [1.29, 1.82) is 0 Å². The Morgan fingerprint density at radius 3 is 2.85 bits per heavy atom. The molecule has 0 aliphatic rings. The number of hydrogen-bond donors (Lipinski definition) is 0. The number of carbonyl (C=O) groups excluding carboxylic acids is 1. The van der Waals surface area contributed by atoms with Crippen molar-refractivity contribution < 1.29 is 13.9 Å². The van der Waals surface area contributed by atoms with Crippen LogP contribution < -0.4 is 4.74 Å². The summed E-state index contributed by atoms with van der Waals surface area (Å²) in [5.41, 5.74) is 0. The lowest BCUT2D eigenvalue weighted by Gasteiger charge is -2.09. The molecule has 0 heterocycles. The molecule has 0 amide bonds. The molecule has 2 nitrogen and oxygen atoms in total. The predicted octanol–water partition coefficient (Wildman–Crippen LogP) is 2.55. The van der Waals surface area contributed by atoms with Crippen LogP contribution in [0.5, 0.6) is 5.75 Å². The van der Waals surface area contributed by atoms with Crippen molar-refractivity contribution in [2.75, 3.05) is 0 Å². The maximum absolute atomic E-state index is 12.6. The Morgan fingerprint density at radius 2 is 2.31 bits per heavy atom. The molecular formula is C9H8BrFO2. The van der Waals surface area contributed by atoms with Crippen LogP contribution in [0.1, 0.15) is 6.92 Å². The van der Waals surface area contributed by atoms with E-state index in [-0.39, 0.29) is 5.82 Å². The van der Waals surface area contributed by atoms with Gasteiger partial charge in [0.1, 0.15) is 11.6 Å².